The average molecular weight is 824 g/mol. The van der Waals surface area contributed by atoms with Crippen molar-refractivity contribution in [3.63, 3.8) is 0 Å². The number of aromatic nitrogens is 3. The molecule has 2 aliphatic heterocycles. The number of carbonyl (C=O) groups excluding carboxylic acids is 6. The Morgan fingerprint density at radius 1 is 0.967 bits per heavy atom. The number of likely N-dealkylation sites (N-methyl/N-ethyl adjacent to an activating group) is 1. The van der Waals surface area contributed by atoms with Crippen molar-refractivity contribution in [3.8, 4) is 0 Å². The third-order valence-electron chi connectivity index (χ3n) is 11.3. The Balaban J connectivity index is 1.13. The van der Waals surface area contributed by atoms with Gasteiger partial charge < -0.3 is 31.1 Å². The van der Waals surface area contributed by atoms with E-state index in [1.807, 2.05) is 53.7 Å². The van der Waals surface area contributed by atoms with E-state index in [0.29, 0.717) is 67.4 Å². The van der Waals surface area contributed by atoms with Crippen molar-refractivity contribution in [1.29, 1.82) is 0 Å². The summed E-state index contributed by atoms with van der Waals surface area (Å²) in [5.41, 5.74) is 2.66. The van der Waals surface area contributed by atoms with Gasteiger partial charge in [-0.3, -0.25) is 38.8 Å². The second kappa shape index (κ2) is 17.6. The number of anilines is 4. The van der Waals surface area contributed by atoms with Gasteiger partial charge in [0.2, 0.25) is 29.6 Å². The summed E-state index contributed by atoms with van der Waals surface area (Å²) in [7, 11) is 4.91. The van der Waals surface area contributed by atoms with E-state index >= 15 is 0 Å². The molecule has 3 aliphatic rings. The highest BCUT2D eigenvalue weighted by Gasteiger charge is 2.53. The van der Waals surface area contributed by atoms with Crippen LogP contribution in [0.25, 0.3) is 0 Å². The first-order chi connectivity index (χ1) is 28.4. The predicted octanol–water partition coefficient (Wildman–Crippen LogP) is 3.82. The lowest BCUT2D eigenvalue weighted by Gasteiger charge is -2.35. The number of urea groups is 1. The highest BCUT2D eigenvalue weighted by molar-refractivity contribution is 6.07. The molecule has 0 radical (unpaired) electrons. The van der Waals surface area contributed by atoms with Gasteiger partial charge in [0.25, 0.3) is 5.91 Å². The zero-order chi connectivity index (χ0) is 43.6. The first-order valence-electron chi connectivity index (χ1n) is 20.6. The van der Waals surface area contributed by atoms with E-state index in [4.69, 9.17) is 0 Å². The summed E-state index contributed by atoms with van der Waals surface area (Å²) in [5.74, 6) is -1.39. The molecule has 7 amide bonds. The summed E-state index contributed by atoms with van der Waals surface area (Å²) < 4.78 is 0. The average Bonchev–Trinajstić information content (AvgIpc) is 3.82. The second-order valence-corrected chi connectivity index (χ2v) is 17.1. The van der Waals surface area contributed by atoms with Gasteiger partial charge in [-0.1, -0.05) is 33.8 Å². The molecular formula is C43H57N11O6. The summed E-state index contributed by atoms with van der Waals surface area (Å²) in [5, 5.41) is 11.8. The van der Waals surface area contributed by atoms with Gasteiger partial charge in [-0.15, -0.1) is 0 Å². The van der Waals surface area contributed by atoms with Crippen LogP contribution in [0.5, 0.6) is 0 Å². The lowest BCUT2D eigenvalue weighted by Crippen LogP contribution is -2.59. The second-order valence-electron chi connectivity index (χ2n) is 17.1. The summed E-state index contributed by atoms with van der Waals surface area (Å²) in [6.07, 6.45) is 5.61. The molecule has 0 bridgehead atoms. The standard InChI is InChI=1S/C43H57N11O6/c1-24(2)19-31(38(57)51(7)8)47-40(59)43(16-17-43)50-37(56)32-11-10-18-53(32)39(58)34(25(3)4)48-36(55)28-14-12-26(5)33(20-28)54-23-29-21-45-41(49-35(29)52(9)42(54)60)46-30-15-13-27(6)44-22-30/h12-15,20-22,24-25,31-32,34H,10-11,16-19,23H2,1-9H3,(H,47,59)(H,48,55)(H,50,56)(H,45,46,49)/t31?,32-,34?/m1/s1. The Morgan fingerprint density at radius 2 is 1.70 bits per heavy atom. The third kappa shape index (κ3) is 9.34. The molecule has 3 aromatic rings. The van der Waals surface area contributed by atoms with Crippen LogP contribution in [0.3, 0.4) is 0 Å². The van der Waals surface area contributed by atoms with E-state index in [1.54, 1.807) is 56.6 Å². The summed E-state index contributed by atoms with van der Waals surface area (Å²) >= 11 is 0. The van der Waals surface area contributed by atoms with Gasteiger partial charge in [0.1, 0.15) is 29.5 Å². The van der Waals surface area contributed by atoms with E-state index in [0.717, 1.165) is 11.3 Å². The minimum absolute atomic E-state index is 0.153. The lowest BCUT2D eigenvalue weighted by atomic mass is 10.0. The normalized spacial score (nSPS) is 17.8. The maximum Gasteiger partial charge on any atom is 0.330 e. The number of hydrogen-bond donors (Lipinski definition) is 4. The van der Waals surface area contributed by atoms with Gasteiger partial charge in [-0.05, 0) is 87.6 Å². The summed E-state index contributed by atoms with van der Waals surface area (Å²) in [6.45, 7) is 11.8. The quantitative estimate of drug-likeness (QED) is 0.185. The van der Waals surface area contributed by atoms with Gasteiger partial charge in [0.15, 0.2) is 0 Å². The Labute approximate surface area is 351 Å². The number of benzene rings is 1. The van der Waals surface area contributed by atoms with Crippen LogP contribution in [0.2, 0.25) is 0 Å². The first-order valence-corrected chi connectivity index (χ1v) is 20.6. The van der Waals surface area contributed by atoms with Gasteiger partial charge >= 0.3 is 6.03 Å². The van der Waals surface area contributed by atoms with Crippen LogP contribution in [0, 0.1) is 25.7 Å². The molecule has 0 spiro atoms. The molecule has 4 N–H and O–H groups in total. The molecule has 1 saturated heterocycles. The number of carbonyl (C=O) groups is 6. The molecule has 6 rings (SSSR count). The molecule has 3 atom stereocenters. The highest BCUT2D eigenvalue weighted by atomic mass is 16.2. The number of amides is 7. The third-order valence-corrected chi connectivity index (χ3v) is 11.3. The van der Waals surface area contributed by atoms with Gasteiger partial charge in [0, 0.05) is 56.4 Å². The fraction of sp³-hybridized carbons (Fsp3) is 0.512. The Hall–Kier alpha value is -6.13. The van der Waals surface area contributed by atoms with Gasteiger partial charge in [0.05, 0.1) is 18.4 Å². The fourth-order valence-corrected chi connectivity index (χ4v) is 7.64. The van der Waals surface area contributed by atoms with Crippen molar-refractivity contribution >= 4 is 58.7 Å². The van der Waals surface area contributed by atoms with Crippen LogP contribution in [-0.2, 0) is 25.7 Å². The number of fused-ring (bicyclic) bond motifs is 1. The zero-order valence-corrected chi connectivity index (χ0v) is 36.0. The van der Waals surface area contributed by atoms with Crippen molar-refractivity contribution in [2.24, 2.45) is 11.8 Å². The van der Waals surface area contributed by atoms with Crippen molar-refractivity contribution in [3.05, 3.63) is 65.1 Å². The van der Waals surface area contributed by atoms with E-state index in [9.17, 15) is 28.8 Å². The number of nitrogens with zero attached hydrogens (tertiary/aromatic N) is 7. The highest BCUT2D eigenvalue weighted by Crippen LogP contribution is 2.37. The maximum absolute atomic E-state index is 14.2. The molecule has 1 aliphatic carbocycles. The molecule has 2 fully saturated rings. The van der Waals surface area contributed by atoms with Gasteiger partial charge in [-0.25, -0.2) is 9.78 Å². The number of pyridine rings is 1. The minimum atomic E-state index is -1.15. The molecule has 4 heterocycles. The molecule has 1 aromatic carbocycles. The minimum Gasteiger partial charge on any atom is -0.347 e. The SMILES string of the molecule is Cc1ccc(Nc2ncc3c(n2)N(C)C(=O)N(c2cc(C(=O)NC(C(=O)N4CCC[C@@H]4C(=O)NC4(C(=O)NC(CC(C)C)C(=O)N(C)C)CC4)C(C)C)ccc2C)C3)cn1. The summed E-state index contributed by atoms with van der Waals surface area (Å²) in [4.78, 5) is 101. The Morgan fingerprint density at radius 3 is 2.33 bits per heavy atom. The maximum atomic E-state index is 14.2. The van der Waals surface area contributed by atoms with Crippen molar-refractivity contribution in [2.45, 2.75) is 104 Å². The van der Waals surface area contributed by atoms with Crippen LogP contribution < -0.4 is 31.1 Å². The largest absolute Gasteiger partial charge is 0.347 e. The lowest BCUT2D eigenvalue weighted by molar-refractivity contribution is -0.142. The smallest absolute Gasteiger partial charge is 0.330 e. The van der Waals surface area contributed by atoms with E-state index < -0.39 is 47.3 Å². The fourth-order valence-electron chi connectivity index (χ4n) is 7.64. The molecule has 17 nitrogen and oxygen atoms in total. The first kappa shape index (κ1) is 43.4. The molecule has 320 valence electrons. The number of hydrogen-bond acceptors (Lipinski definition) is 10. The van der Waals surface area contributed by atoms with E-state index in [1.165, 1.54) is 14.7 Å². The summed E-state index contributed by atoms with van der Waals surface area (Å²) in [6, 6.07) is 5.90. The number of likely N-dealkylation sites (tertiary alicyclic amines) is 1. The van der Waals surface area contributed by atoms with Crippen molar-refractivity contribution < 1.29 is 28.8 Å². The van der Waals surface area contributed by atoms with E-state index in [-0.39, 0.29) is 35.9 Å². The van der Waals surface area contributed by atoms with E-state index in [2.05, 4.69) is 36.2 Å². The number of nitrogens with one attached hydrogen (secondary N) is 4. The van der Waals surface area contributed by atoms with Crippen LogP contribution in [-0.4, -0.2) is 112 Å². The molecule has 1 saturated carbocycles. The van der Waals surface area contributed by atoms with Crippen molar-refractivity contribution in [1.82, 2.24) is 40.7 Å². The Bertz CT molecular complexity index is 2150. The van der Waals surface area contributed by atoms with Crippen LogP contribution in [0.1, 0.15) is 87.0 Å². The molecule has 17 heteroatoms. The zero-order valence-electron chi connectivity index (χ0n) is 36.0. The molecule has 2 unspecified atom stereocenters. The topological polar surface area (TPSA) is 202 Å². The molecule has 60 heavy (non-hydrogen) atoms. The molecular weight excluding hydrogens is 767 g/mol. The van der Waals surface area contributed by atoms with Crippen molar-refractivity contribution in [2.75, 3.05) is 42.8 Å². The van der Waals surface area contributed by atoms with Crippen LogP contribution >= 0.6 is 0 Å². The Kier molecular flexibility index (Phi) is 12.8. The van der Waals surface area contributed by atoms with Crippen LogP contribution in [0.15, 0.2) is 42.7 Å². The number of rotatable bonds is 14. The predicted molar refractivity (Wildman–Crippen MR) is 226 cm³/mol. The van der Waals surface area contributed by atoms with Gasteiger partial charge in [-0.2, -0.15) is 4.98 Å². The number of aryl methyl sites for hydroxylation is 2. The monoisotopic (exact) mass is 823 g/mol. The molecule has 2 aromatic heterocycles. The van der Waals surface area contributed by atoms with Crippen LogP contribution in [0.4, 0.5) is 27.9 Å².